The molecule has 0 fully saturated rings. The van der Waals surface area contributed by atoms with Crippen molar-refractivity contribution in [2.75, 3.05) is 10.6 Å². The predicted molar refractivity (Wildman–Crippen MR) is 159 cm³/mol. The minimum Gasteiger partial charge on any atom is -0.429 e. The number of benzene rings is 2. The zero-order valence-corrected chi connectivity index (χ0v) is 26.6. The predicted octanol–water partition coefficient (Wildman–Crippen LogP) is 10.1. The van der Waals surface area contributed by atoms with Gasteiger partial charge in [-0.05, 0) is 51.9 Å². The van der Waals surface area contributed by atoms with Crippen LogP contribution in [0.3, 0.4) is 0 Å². The van der Waals surface area contributed by atoms with E-state index in [1.54, 1.807) is 0 Å². The summed E-state index contributed by atoms with van der Waals surface area (Å²) in [7, 11) is 0. The van der Waals surface area contributed by atoms with Gasteiger partial charge in [0.2, 0.25) is 0 Å². The number of allylic oxidation sites excluding steroid dienone is 8. The largest absolute Gasteiger partial charge is 4.00 e. The average Bonchev–Trinajstić information content (AvgIpc) is 3.62. The minimum absolute atomic E-state index is 0. The van der Waals surface area contributed by atoms with Gasteiger partial charge in [0.1, 0.15) is 0 Å². The van der Waals surface area contributed by atoms with Crippen molar-refractivity contribution in [2.24, 2.45) is 0 Å². The molecule has 0 unspecified atom stereocenters. The molecule has 0 saturated carbocycles. The summed E-state index contributed by atoms with van der Waals surface area (Å²) < 4.78 is 51.7. The molecule has 2 aromatic carbocycles. The zero-order chi connectivity index (χ0) is 30.0. The Kier molecular flexibility index (Phi) is 19.1. The average molecular weight is 603 g/mol. The summed E-state index contributed by atoms with van der Waals surface area (Å²) in [6.07, 6.45) is 23.9. The number of halogens is 4. The van der Waals surface area contributed by atoms with Crippen molar-refractivity contribution in [1.82, 2.24) is 0 Å². The maximum absolute atomic E-state index is 13.3. The van der Waals surface area contributed by atoms with E-state index in [2.05, 4.69) is 48.8 Å². The molecule has 4 rings (SSSR count). The normalized spacial score (nSPS) is 12.7. The van der Waals surface area contributed by atoms with Crippen LogP contribution in [0.25, 0.3) is 0 Å². The van der Waals surface area contributed by atoms with E-state index in [1.165, 1.54) is 24.3 Å². The first-order valence-corrected chi connectivity index (χ1v) is 13.6. The Morgan fingerprint density at radius 1 is 0.659 bits per heavy atom. The van der Waals surface area contributed by atoms with Gasteiger partial charge in [-0.2, -0.15) is 12.2 Å². The second-order valence-corrected chi connectivity index (χ2v) is 10.6. The number of hydrogen-bond acceptors (Lipinski definition) is 2. The van der Waals surface area contributed by atoms with E-state index < -0.39 is 23.3 Å². The Hall–Kier alpha value is -2.57. The van der Waals surface area contributed by atoms with E-state index in [1.807, 2.05) is 64.1 Å². The minimum atomic E-state index is -0.675. The van der Waals surface area contributed by atoms with Crippen LogP contribution in [0.1, 0.15) is 80.1 Å². The molecule has 2 aromatic rings. The maximum Gasteiger partial charge on any atom is 4.00 e. The van der Waals surface area contributed by atoms with Crippen molar-refractivity contribution in [3.05, 3.63) is 108 Å². The van der Waals surface area contributed by atoms with Crippen molar-refractivity contribution >= 4 is 11.4 Å². The summed E-state index contributed by atoms with van der Waals surface area (Å²) >= 11 is 0. The van der Waals surface area contributed by atoms with Crippen LogP contribution in [-0.2, 0) is 21.7 Å². The smallest absolute Gasteiger partial charge is 0.429 e. The monoisotopic (exact) mass is 602 g/mol. The molecule has 0 spiro atoms. The Morgan fingerprint density at radius 3 is 1.24 bits per heavy atom. The standard InChI is InChI=1S/2C12H16F2N.2C5H5.Ti/c2*1-4-7-12(2,3)15-11-6-5-9(13)8-10(11)14;2*1-2-4-5-3-1;/h2*5-6,15H,4,7H2,1-3H3;2*1-3H,4H2;/q4*-1;+4. The number of nitrogens with one attached hydrogen (secondary N) is 2. The maximum atomic E-state index is 13.3. The van der Waals surface area contributed by atoms with Gasteiger partial charge in [0.25, 0.3) is 0 Å². The van der Waals surface area contributed by atoms with Crippen molar-refractivity contribution < 1.29 is 39.3 Å². The van der Waals surface area contributed by atoms with Gasteiger partial charge in [-0.1, -0.05) is 26.7 Å². The van der Waals surface area contributed by atoms with E-state index in [-0.39, 0.29) is 32.8 Å². The third kappa shape index (κ3) is 17.8. The van der Waals surface area contributed by atoms with Crippen LogP contribution in [0.5, 0.6) is 0 Å². The van der Waals surface area contributed by atoms with Crippen molar-refractivity contribution in [2.45, 2.75) is 91.1 Å². The van der Waals surface area contributed by atoms with Crippen LogP contribution in [0.15, 0.2) is 60.7 Å². The summed E-state index contributed by atoms with van der Waals surface area (Å²) in [6.45, 7) is 12.1. The van der Waals surface area contributed by atoms with Crippen molar-refractivity contribution in [3.63, 3.8) is 0 Å². The molecule has 0 amide bonds. The molecule has 2 aliphatic rings. The van der Waals surface area contributed by atoms with Crippen molar-refractivity contribution in [3.8, 4) is 0 Å². The quantitative estimate of drug-likeness (QED) is 0.179. The summed E-state index contributed by atoms with van der Waals surface area (Å²) in [5.74, 6) is -2.68. The van der Waals surface area contributed by atoms with Gasteiger partial charge >= 0.3 is 21.7 Å². The number of rotatable bonds is 8. The second kappa shape index (κ2) is 20.3. The number of hydrogen-bond donors (Lipinski definition) is 2. The van der Waals surface area contributed by atoms with Crippen LogP contribution >= 0.6 is 0 Å². The van der Waals surface area contributed by atoms with E-state index >= 15 is 0 Å². The molecular weight excluding hydrogens is 560 g/mol. The van der Waals surface area contributed by atoms with E-state index in [0.29, 0.717) is 11.4 Å². The van der Waals surface area contributed by atoms with Gasteiger partial charge in [0.15, 0.2) is 0 Å². The van der Waals surface area contributed by atoms with E-state index in [0.717, 1.165) is 38.5 Å². The molecule has 0 saturated heterocycles. The molecule has 0 aromatic heterocycles. The Balaban J connectivity index is 0.000000573. The summed E-state index contributed by atoms with van der Waals surface area (Å²) in [4.78, 5) is 0. The van der Waals surface area contributed by atoms with Gasteiger partial charge in [0.05, 0.1) is 0 Å². The fraction of sp³-hybridized carbons (Fsp3) is 0.412. The molecule has 2 aliphatic carbocycles. The Labute approximate surface area is 260 Å². The van der Waals surface area contributed by atoms with Gasteiger partial charge in [0, 0.05) is 34.3 Å². The first-order valence-electron chi connectivity index (χ1n) is 13.6. The summed E-state index contributed by atoms with van der Waals surface area (Å²) in [5, 5.41) is 6.08. The topological polar surface area (TPSA) is 24.1 Å². The van der Waals surface area contributed by atoms with Crippen LogP contribution in [0, 0.1) is 47.6 Å². The molecule has 0 radical (unpaired) electrons. The third-order valence-corrected chi connectivity index (χ3v) is 5.59. The molecule has 0 atom stereocenters. The van der Waals surface area contributed by atoms with Gasteiger partial charge in [-0.15, -0.1) is 49.2 Å². The summed E-state index contributed by atoms with van der Waals surface area (Å²) in [5.41, 5.74) is 0.215. The second-order valence-electron chi connectivity index (χ2n) is 10.6. The SMILES string of the molecule is CCCC(C)(C)Nc1ccc(F)[c-]c1F.CCCC(C)(C)Nc1ccc(F)[c-]c1F.[C-]1=CC=CC1.[C-]1=CC=CC1.[Ti+4]. The Morgan fingerprint density at radius 2 is 1.02 bits per heavy atom. The first kappa shape index (κ1) is 38.4. The number of anilines is 2. The molecule has 7 heteroatoms. The van der Waals surface area contributed by atoms with Crippen molar-refractivity contribution in [1.29, 1.82) is 0 Å². The van der Waals surface area contributed by atoms with Crippen LogP contribution < -0.4 is 10.6 Å². The molecule has 2 nitrogen and oxygen atoms in total. The molecule has 41 heavy (non-hydrogen) atoms. The van der Waals surface area contributed by atoms with E-state index in [9.17, 15) is 17.6 Å². The third-order valence-electron chi connectivity index (χ3n) is 5.59. The molecule has 2 N–H and O–H groups in total. The Bertz CT molecular complexity index is 1030. The molecular formula is C34H42F4N2Ti. The van der Waals surface area contributed by atoms with Crippen LogP contribution in [-0.4, -0.2) is 11.1 Å². The molecule has 220 valence electrons. The first-order chi connectivity index (χ1) is 18.9. The molecule has 0 heterocycles. The molecule has 0 bridgehead atoms. The zero-order valence-electron chi connectivity index (χ0n) is 25.0. The van der Waals surface area contributed by atoms with Crippen LogP contribution in [0.2, 0.25) is 0 Å². The summed E-state index contributed by atoms with van der Waals surface area (Å²) in [6, 6.07) is 9.22. The van der Waals surface area contributed by atoms with Gasteiger partial charge in [-0.3, -0.25) is 12.2 Å². The fourth-order valence-corrected chi connectivity index (χ4v) is 3.86. The van der Waals surface area contributed by atoms with Crippen LogP contribution in [0.4, 0.5) is 28.9 Å². The van der Waals surface area contributed by atoms with Gasteiger partial charge in [-0.25, -0.2) is 41.9 Å². The van der Waals surface area contributed by atoms with E-state index in [4.69, 9.17) is 0 Å². The molecule has 0 aliphatic heterocycles. The fourth-order valence-electron chi connectivity index (χ4n) is 3.86. The van der Waals surface area contributed by atoms with Gasteiger partial charge < -0.3 is 10.6 Å².